The first-order valence-corrected chi connectivity index (χ1v) is 9.78. The van der Waals surface area contributed by atoms with E-state index in [9.17, 15) is 9.13 Å². The summed E-state index contributed by atoms with van der Waals surface area (Å²) in [5, 5.41) is 0. The van der Waals surface area contributed by atoms with E-state index in [-0.39, 0.29) is 12.8 Å². The van der Waals surface area contributed by atoms with Gasteiger partial charge in [-0.25, -0.2) is 4.57 Å². The molecule has 0 atom stereocenters. The predicted octanol–water partition coefficient (Wildman–Crippen LogP) is 2.39. The maximum Gasteiger partial charge on any atom is 0.469 e. The van der Waals surface area contributed by atoms with Gasteiger partial charge in [-0.2, -0.15) is 0 Å². The van der Waals surface area contributed by atoms with Crippen molar-refractivity contribution in [3.05, 3.63) is 0 Å². The van der Waals surface area contributed by atoms with E-state index >= 15 is 0 Å². The van der Waals surface area contributed by atoms with E-state index < -0.39 is 15.4 Å². The fourth-order valence-corrected chi connectivity index (χ4v) is 2.67. The highest BCUT2D eigenvalue weighted by Gasteiger charge is 2.12. The molecule has 0 radical (unpaired) electrons. The SMILES string of the molecule is O=P(O)(O)CCCCCCCCCCOP(=O)(O)O. The molecule has 0 unspecified atom stereocenters. The Morgan fingerprint density at radius 2 is 1.11 bits per heavy atom. The summed E-state index contributed by atoms with van der Waals surface area (Å²) < 4.78 is 25.2. The lowest BCUT2D eigenvalue weighted by Gasteiger charge is -2.05. The quantitative estimate of drug-likeness (QED) is 0.321. The highest BCUT2D eigenvalue weighted by molar-refractivity contribution is 7.51. The molecule has 0 rings (SSSR count). The summed E-state index contributed by atoms with van der Waals surface area (Å²) in [6.45, 7) is 0.0760. The van der Waals surface area contributed by atoms with Crippen LogP contribution in [0.3, 0.4) is 0 Å². The fourth-order valence-electron chi connectivity index (χ4n) is 1.66. The van der Waals surface area contributed by atoms with Crippen LogP contribution in [0.2, 0.25) is 0 Å². The van der Waals surface area contributed by atoms with Gasteiger partial charge in [0.15, 0.2) is 0 Å². The monoisotopic (exact) mass is 318 g/mol. The third-order valence-corrected chi connectivity index (χ3v) is 4.02. The number of phosphoric ester groups is 1. The van der Waals surface area contributed by atoms with E-state index in [0.717, 1.165) is 38.5 Å². The van der Waals surface area contributed by atoms with Crippen molar-refractivity contribution < 1.29 is 33.2 Å². The Labute approximate surface area is 113 Å². The van der Waals surface area contributed by atoms with Gasteiger partial charge in [-0.15, -0.1) is 0 Å². The summed E-state index contributed by atoms with van der Waals surface area (Å²) in [5.74, 6) is 0. The summed E-state index contributed by atoms with van der Waals surface area (Å²) in [7, 11) is -8.15. The van der Waals surface area contributed by atoms with Gasteiger partial charge in [0.2, 0.25) is 0 Å². The van der Waals surface area contributed by atoms with E-state index in [1.807, 2.05) is 0 Å². The van der Waals surface area contributed by atoms with Crippen LogP contribution in [0, 0.1) is 0 Å². The average molecular weight is 318 g/mol. The Bertz CT molecular complexity index is 279. The third kappa shape index (κ3) is 18.3. The summed E-state index contributed by atoms with van der Waals surface area (Å²) in [5.41, 5.74) is 0. The van der Waals surface area contributed by atoms with Crippen LogP contribution in [-0.4, -0.2) is 32.3 Å². The summed E-state index contributed by atoms with van der Waals surface area (Å²) in [6.07, 6.45) is 6.81. The number of hydrogen-bond acceptors (Lipinski definition) is 3. The Hall–Kier alpha value is 0.260. The average Bonchev–Trinajstić information content (AvgIpc) is 2.22. The standard InChI is InChI=1S/C10H24O7P2/c11-18(12,13)10-8-6-4-2-1-3-5-7-9-17-19(14,15)16/h1-10H2,(H2,11,12,13)(H2,14,15,16). The van der Waals surface area contributed by atoms with Gasteiger partial charge in [-0.3, -0.25) is 9.09 Å². The van der Waals surface area contributed by atoms with Crippen molar-refractivity contribution in [2.24, 2.45) is 0 Å². The van der Waals surface area contributed by atoms with Crippen LogP contribution in [0.25, 0.3) is 0 Å². The molecule has 0 heterocycles. The molecule has 0 fully saturated rings. The van der Waals surface area contributed by atoms with E-state index in [1.54, 1.807) is 0 Å². The molecule has 19 heavy (non-hydrogen) atoms. The van der Waals surface area contributed by atoms with Crippen LogP contribution in [-0.2, 0) is 13.7 Å². The van der Waals surface area contributed by atoms with Gasteiger partial charge in [0.05, 0.1) is 6.61 Å². The molecule has 0 aliphatic carbocycles. The molecule has 116 valence electrons. The van der Waals surface area contributed by atoms with E-state index in [2.05, 4.69) is 4.52 Å². The highest BCUT2D eigenvalue weighted by Crippen LogP contribution is 2.36. The third-order valence-electron chi connectivity index (χ3n) is 2.60. The Balaban J connectivity index is 3.16. The first-order chi connectivity index (χ1) is 8.71. The van der Waals surface area contributed by atoms with Gasteiger partial charge in [0.25, 0.3) is 0 Å². The molecule has 7 nitrogen and oxygen atoms in total. The Morgan fingerprint density at radius 3 is 1.53 bits per heavy atom. The van der Waals surface area contributed by atoms with Crippen LogP contribution in [0.5, 0.6) is 0 Å². The molecule has 0 aliphatic rings. The topological polar surface area (TPSA) is 124 Å². The minimum absolute atomic E-state index is 0.0350. The molecule has 0 amide bonds. The molecular formula is C10H24O7P2. The molecule has 0 aromatic rings. The molecule has 0 bridgehead atoms. The molecule has 0 aliphatic heterocycles. The van der Waals surface area contributed by atoms with Crippen LogP contribution < -0.4 is 0 Å². The van der Waals surface area contributed by atoms with Crippen molar-refractivity contribution in [3.63, 3.8) is 0 Å². The van der Waals surface area contributed by atoms with Crippen molar-refractivity contribution in [3.8, 4) is 0 Å². The molecule has 0 spiro atoms. The smallest absolute Gasteiger partial charge is 0.324 e. The fraction of sp³-hybridized carbons (Fsp3) is 1.00. The van der Waals surface area contributed by atoms with Crippen LogP contribution in [0.4, 0.5) is 0 Å². The molecule has 0 saturated carbocycles. The second-order valence-electron chi connectivity index (χ2n) is 4.54. The molecule has 0 aromatic heterocycles. The normalized spacial score (nSPS) is 12.8. The van der Waals surface area contributed by atoms with Crippen molar-refractivity contribution in [1.29, 1.82) is 0 Å². The second kappa shape index (κ2) is 10.1. The van der Waals surface area contributed by atoms with E-state index in [4.69, 9.17) is 19.6 Å². The Morgan fingerprint density at radius 1 is 0.684 bits per heavy atom. The lowest BCUT2D eigenvalue weighted by atomic mass is 10.1. The molecular weight excluding hydrogens is 294 g/mol. The minimum atomic E-state index is -4.32. The largest absolute Gasteiger partial charge is 0.469 e. The first kappa shape index (κ1) is 19.3. The number of phosphoric acid groups is 1. The highest BCUT2D eigenvalue weighted by atomic mass is 31.2. The zero-order chi connectivity index (χ0) is 14.8. The minimum Gasteiger partial charge on any atom is -0.324 e. The van der Waals surface area contributed by atoms with Crippen LogP contribution in [0.15, 0.2) is 0 Å². The van der Waals surface area contributed by atoms with E-state index in [0.29, 0.717) is 12.8 Å². The molecule has 0 saturated heterocycles. The number of unbranched alkanes of at least 4 members (excludes halogenated alkanes) is 7. The summed E-state index contributed by atoms with van der Waals surface area (Å²) in [6, 6.07) is 0. The zero-order valence-electron chi connectivity index (χ0n) is 11.0. The maximum absolute atomic E-state index is 10.6. The first-order valence-electron chi connectivity index (χ1n) is 6.45. The van der Waals surface area contributed by atoms with Gasteiger partial charge >= 0.3 is 15.4 Å². The zero-order valence-corrected chi connectivity index (χ0v) is 12.8. The number of hydrogen-bond donors (Lipinski definition) is 4. The lowest BCUT2D eigenvalue weighted by molar-refractivity contribution is 0.193. The van der Waals surface area contributed by atoms with Crippen molar-refractivity contribution in [2.75, 3.05) is 12.8 Å². The van der Waals surface area contributed by atoms with Gasteiger partial charge in [0, 0.05) is 6.16 Å². The number of rotatable bonds is 12. The summed E-state index contributed by atoms with van der Waals surface area (Å²) in [4.78, 5) is 34.1. The van der Waals surface area contributed by atoms with Gasteiger partial charge in [-0.05, 0) is 12.8 Å². The van der Waals surface area contributed by atoms with Crippen molar-refractivity contribution in [1.82, 2.24) is 0 Å². The van der Waals surface area contributed by atoms with Crippen LogP contribution >= 0.6 is 15.4 Å². The van der Waals surface area contributed by atoms with Crippen molar-refractivity contribution >= 4 is 15.4 Å². The van der Waals surface area contributed by atoms with Crippen LogP contribution in [0.1, 0.15) is 51.4 Å². The molecule has 4 N–H and O–H groups in total. The maximum atomic E-state index is 10.6. The van der Waals surface area contributed by atoms with E-state index in [1.165, 1.54) is 0 Å². The van der Waals surface area contributed by atoms with Gasteiger partial charge < -0.3 is 19.6 Å². The van der Waals surface area contributed by atoms with Gasteiger partial charge in [0.1, 0.15) is 0 Å². The molecule has 9 heteroatoms. The predicted molar refractivity (Wildman–Crippen MR) is 71.8 cm³/mol. The molecule has 0 aromatic carbocycles. The second-order valence-corrected chi connectivity index (χ2v) is 7.56. The Kier molecular flexibility index (Phi) is 10.2. The van der Waals surface area contributed by atoms with Gasteiger partial charge in [-0.1, -0.05) is 38.5 Å². The lowest BCUT2D eigenvalue weighted by Crippen LogP contribution is -1.92. The van der Waals surface area contributed by atoms with Crippen molar-refractivity contribution in [2.45, 2.75) is 51.4 Å². The summed E-state index contributed by atoms with van der Waals surface area (Å²) >= 11 is 0.